The minimum Gasteiger partial charge on any atom is -0.396 e. The number of ether oxygens (including phenoxy) is 1. The Morgan fingerprint density at radius 2 is 2.50 bits per heavy atom. The van der Waals surface area contributed by atoms with Crippen LogP contribution in [0.5, 0.6) is 0 Å². The van der Waals surface area contributed by atoms with E-state index in [1.807, 2.05) is 0 Å². The Balaban J connectivity index is 2.02. The second-order valence-corrected chi connectivity index (χ2v) is 2.56. The van der Waals surface area contributed by atoms with Crippen LogP contribution in [0.25, 0.3) is 0 Å². The van der Waals surface area contributed by atoms with Crippen LogP contribution in [-0.2, 0) is 4.74 Å². The van der Waals surface area contributed by atoms with Gasteiger partial charge >= 0.3 is 0 Å². The lowest BCUT2D eigenvalue weighted by atomic mass is 10.2. The molecule has 3 nitrogen and oxygen atoms in total. The van der Waals surface area contributed by atoms with E-state index in [4.69, 9.17) is 9.84 Å². The van der Waals surface area contributed by atoms with Crippen molar-refractivity contribution >= 4 is 0 Å². The first-order chi connectivity index (χ1) is 4.93. The van der Waals surface area contributed by atoms with Crippen LogP contribution in [0.1, 0.15) is 12.8 Å². The Morgan fingerprint density at radius 1 is 1.60 bits per heavy atom. The van der Waals surface area contributed by atoms with Crippen molar-refractivity contribution in [2.45, 2.75) is 18.9 Å². The summed E-state index contributed by atoms with van der Waals surface area (Å²) in [4.78, 5) is 0. The molecule has 10 heavy (non-hydrogen) atoms. The first kappa shape index (κ1) is 7.98. The van der Waals surface area contributed by atoms with Crippen LogP contribution in [0.4, 0.5) is 0 Å². The van der Waals surface area contributed by atoms with E-state index < -0.39 is 0 Å². The lowest BCUT2D eigenvalue weighted by Crippen LogP contribution is -2.38. The molecule has 0 aromatic carbocycles. The van der Waals surface area contributed by atoms with Crippen LogP contribution in [-0.4, -0.2) is 37.5 Å². The SMILES string of the molecule is OCCC[C@H]1CNCCO1. The van der Waals surface area contributed by atoms with Crippen molar-refractivity contribution in [3.05, 3.63) is 0 Å². The lowest BCUT2D eigenvalue weighted by molar-refractivity contribution is 0.0198. The van der Waals surface area contributed by atoms with Gasteiger partial charge in [-0.2, -0.15) is 0 Å². The molecule has 0 saturated carbocycles. The second-order valence-electron chi connectivity index (χ2n) is 2.56. The normalized spacial score (nSPS) is 26.7. The van der Waals surface area contributed by atoms with Gasteiger partial charge in [0, 0.05) is 19.7 Å². The monoisotopic (exact) mass is 145 g/mol. The largest absolute Gasteiger partial charge is 0.396 e. The van der Waals surface area contributed by atoms with E-state index in [9.17, 15) is 0 Å². The molecule has 0 aromatic rings. The molecule has 1 aliphatic rings. The molecular weight excluding hydrogens is 130 g/mol. The zero-order valence-electron chi connectivity index (χ0n) is 6.18. The van der Waals surface area contributed by atoms with Crippen molar-refractivity contribution in [1.29, 1.82) is 0 Å². The number of rotatable bonds is 3. The predicted molar refractivity (Wildman–Crippen MR) is 38.9 cm³/mol. The smallest absolute Gasteiger partial charge is 0.0700 e. The van der Waals surface area contributed by atoms with Gasteiger partial charge in [-0.25, -0.2) is 0 Å². The molecular formula is C7H15NO2. The third kappa shape index (κ3) is 2.64. The molecule has 1 rings (SSSR count). The molecule has 1 fully saturated rings. The van der Waals surface area contributed by atoms with Crippen molar-refractivity contribution in [1.82, 2.24) is 5.32 Å². The summed E-state index contributed by atoms with van der Waals surface area (Å²) in [6, 6.07) is 0. The summed E-state index contributed by atoms with van der Waals surface area (Å²) in [5, 5.41) is 11.8. The lowest BCUT2D eigenvalue weighted by Gasteiger charge is -2.23. The summed E-state index contributed by atoms with van der Waals surface area (Å²) >= 11 is 0. The minimum atomic E-state index is 0.278. The number of nitrogens with one attached hydrogen (secondary N) is 1. The molecule has 0 aromatic heterocycles. The van der Waals surface area contributed by atoms with E-state index >= 15 is 0 Å². The zero-order valence-corrected chi connectivity index (χ0v) is 6.18. The molecule has 0 unspecified atom stereocenters. The maximum absolute atomic E-state index is 8.52. The highest BCUT2D eigenvalue weighted by atomic mass is 16.5. The molecule has 1 saturated heterocycles. The first-order valence-corrected chi connectivity index (χ1v) is 3.86. The van der Waals surface area contributed by atoms with Crippen molar-refractivity contribution < 1.29 is 9.84 Å². The van der Waals surface area contributed by atoms with Gasteiger partial charge in [-0.1, -0.05) is 0 Å². The van der Waals surface area contributed by atoms with Gasteiger partial charge in [0.05, 0.1) is 12.7 Å². The van der Waals surface area contributed by atoms with E-state index in [0.717, 1.165) is 32.5 Å². The van der Waals surface area contributed by atoms with Crippen molar-refractivity contribution in [3.8, 4) is 0 Å². The number of hydrogen-bond donors (Lipinski definition) is 2. The van der Waals surface area contributed by atoms with Gasteiger partial charge in [0.15, 0.2) is 0 Å². The fourth-order valence-corrected chi connectivity index (χ4v) is 1.12. The van der Waals surface area contributed by atoms with Crippen molar-refractivity contribution in [2.75, 3.05) is 26.3 Å². The molecule has 3 heteroatoms. The van der Waals surface area contributed by atoms with Gasteiger partial charge in [0.1, 0.15) is 0 Å². The summed E-state index contributed by atoms with van der Waals surface area (Å²) in [5.74, 6) is 0. The molecule has 0 amide bonds. The molecule has 0 aliphatic carbocycles. The van der Waals surface area contributed by atoms with Crippen molar-refractivity contribution in [3.63, 3.8) is 0 Å². The predicted octanol–water partition coefficient (Wildman–Crippen LogP) is -0.253. The second kappa shape index (κ2) is 4.66. The summed E-state index contributed by atoms with van der Waals surface area (Å²) in [6.45, 7) is 3.01. The first-order valence-electron chi connectivity index (χ1n) is 3.86. The van der Waals surface area contributed by atoms with Gasteiger partial charge in [0.25, 0.3) is 0 Å². The average molecular weight is 145 g/mol. The Hall–Kier alpha value is -0.120. The van der Waals surface area contributed by atoms with E-state index in [0.29, 0.717) is 6.10 Å². The molecule has 1 atom stereocenters. The number of aliphatic hydroxyl groups is 1. The van der Waals surface area contributed by atoms with E-state index in [1.54, 1.807) is 0 Å². The van der Waals surface area contributed by atoms with Gasteiger partial charge in [0.2, 0.25) is 0 Å². The van der Waals surface area contributed by atoms with Gasteiger partial charge in [-0.3, -0.25) is 0 Å². The van der Waals surface area contributed by atoms with Crippen LogP contribution in [0.2, 0.25) is 0 Å². The summed E-state index contributed by atoms with van der Waals surface area (Å²) in [7, 11) is 0. The summed E-state index contributed by atoms with van der Waals surface area (Å²) < 4.78 is 5.41. The van der Waals surface area contributed by atoms with Crippen LogP contribution < -0.4 is 5.32 Å². The Bertz CT molecular complexity index is 81.7. The molecule has 60 valence electrons. The standard InChI is InChI=1S/C7H15NO2/c9-4-1-2-7-6-8-3-5-10-7/h7-9H,1-6H2/t7-/m0/s1. The number of hydrogen-bond acceptors (Lipinski definition) is 3. The van der Waals surface area contributed by atoms with Crippen LogP contribution in [0, 0.1) is 0 Å². The Labute approximate surface area is 61.4 Å². The van der Waals surface area contributed by atoms with E-state index in [2.05, 4.69) is 5.32 Å². The molecule has 0 bridgehead atoms. The molecule has 2 N–H and O–H groups in total. The highest BCUT2D eigenvalue weighted by Crippen LogP contribution is 2.03. The van der Waals surface area contributed by atoms with Crippen LogP contribution >= 0.6 is 0 Å². The number of morpholine rings is 1. The quantitative estimate of drug-likeness (QED) is 0.575. The third-order valence-corrected chi connectivity index (χ3v) is 1.69. The van der Waals surface area contributed by atoms with Crippen LogP contribution in [0.15, 0.2) is 0 Å². The fraction of sp³-hybridized carbons (Fsp3) is 1.00. The van der Waals surface area contributed by atoms with E-state index in [1.165, 1.54) is 0 Å². The zero-order chi connectivity index (χ0) is 7.23. The van der Waals surface area contributed by atoms with Gasteiger partial charge < -0.3 is 15.2 Å². The molecule has 1 aliphatic heterocycles. The van der Waals surface area contributed by atoms with Gasteiger partial charge in [-0.15, -0.1) is 0 Å². The Morgan fingerprint density at radius 3 is 3.10 bits per heavy atom. The summed E-state index contributed by atoms with van der Waals surface area (Å²) in [6.07, 6.45) is 2.16. The van der Waals surface area contributed by atoms with Gasteiger partial charge in [-0.05, 0) is 12.8 Å². The maximum Gasteiger partial charge on any atom is 0.0700 e. The van der Waals surface area contributed by atoms with Crippen molar-refractivity contribution in [2.24, 2.45) is 0 Å². The molecule has 0 radical (unpaired) electrons. The molecule has 0 spiro atoms. The summed E-state index contributed by atoms with van der Waals surface area (Å²) in [5.41, 5.74) is 0. The fourth-order valence-electron chi connectivity index (χ4n) is 1.12. The average Bonchev–Trinajstić information content (AvgIpc) is 2.03. The highest BCUT2D eigenvalue weighted by Gasteiger charge is 2.11. The maximum atomic E-state index is 8.52. The topological polar surface area (TPSA) is 41.5 Å². The third-order valence-electron chi connectivity index (χ3n) is 1.69. The van der Waals surface area contributed by atoms with Crippen LogP contribution in [0.3, 0.4) is 0 Å². The minimum absolute atomic E-state index is 0.278. The molecule has 1 heterocycles. The highest BCUT2D eigenvalue weighted by molar-refractivity contribution is 4.66. The number of aliphatic hydroxyl groups excluding tert-OH is 1. The van der Waals surface area contributed by atoms with E-state index in [-0.39, 0.29) is 6.61 Å². The Kier molecular flexibility index (Phi) is 3.72.